The van der Waals surface area contributed by atoms with Crippen LogP contribution in [0.25, 0.3) is 0 Å². The van der Waals surface area contributed by atoms with Crippen LogP contribution in [0.4, 0.5) is 5.69 Å². The molecule has 0 radical (unpaired) electrons. The van der Waals surface area contributed by atoms with Gasteiger partial charge in [-0.2, -0.15) is 0 Å². The zero-order valence-electron chi connectivity index (χ0n) is 10.9. The van der Waals surface area contributed by atoms with Crippen LogP contribution in [0.3, 0.4) is 0 Å². The molecular weight excluding hydrogens is 238 g/mol. The first-order chi connectivity index (χ1) is 9.15. The summed E-state index contributed by atoms with van der Waals surface area (Å²) in [4.78, 5) is 12.9. The lowest BCUT2D eigenvalue weighted by Crippen LogP contribution is -2.29. The molecule has 0 saturated carbocycles. The Morgan fingerprint density at radius 3 is 2.47 bits per heavy atom. The average Bonchev–Trinajstić information content (AvgIpc) is 2.38. The first-order valence-electron chi connectivity index (χ1n) is 6.22. The van der Waals surface area contributed by atoms with E-state index in [-0.39, 0.29) is 6.54 Å². The molecule has 0 aliphatic carbocycles. The van der Waals surface area contributed by atoms with Crippen molar-refractivity contribution in [3.63, 3.8) is 0 Å². The summed E-state index contributed by atoms with van der Waals surface area (Å²) in [6.07, 6.45) is 0. The van der Waals surface area contributed by atoms with Crippen molar-refractivity contribution in [2.24, 2.45) is 0 Å². The second-order valence-corrected chi connectivity index (χ2v) is 4.57. The molecule has 0 aromatic heterocycles. The number of nitrogens with zero attached hydrogens (tertiary/aromatic N) is 1. The van der Waals surface area contributed by atoms with E-state index >= 15 is 0 Å². The van der Waals surface area contributed by atoms with Gasteiger partial charge in [-0.1, -0.05) is 48.0 Å². The number of para-hydroxylation sites is 1. The summed E-state index contributed by atoms with van der Waals surface area (Å²) >= 11 is 0. The molecule has 0 aliphatic heterocycles. The number of benzene rings is 2. The van der Waals surface area contributed by atoms with Gasteiger partial charge in [-0.05, 0) is 24.6 Å². The van der Waals surface area contributed by atoms with Gasteiger partial charge in [-0.15, -0.1) is 0 Å². The minimum absolute atomic E-state index is 0.00203. The van der Waals surface area contributed by atoms with E-state index in [0.29, 0.717) is 6.54 Å². The third-order valence-corrected chi connectivity index (χ3v) is 2.90. The van der Waals surface area contributed by atoms with Crippen molar-refractivity contribution >= 4 is 11.7 Å². The largest absolute Gasteiger partial charge is 0.480 e. The molecule has 2 rings (SSSR count). The highest BCUT2D eigenvalue weighted by molar-refractivity contribution is 5.73. The zero-order chi connectivity index (χ0) is 13.7. The molecule has 0 fully saturated rings. The highest BCUT2D eigenvalue weighted by Crippen LogP contribution is 2.17. The number of aliphatic carboxylic acids is 1. The molecule has 1 N–H and O–H groups in total. The predicted molar refractivity (Wildman–Crippen MR) is 76.3 cm³/mol. The van der Waals surface area contributed by atoms with Crippen LogP contribution in [0.15, 0.2) is 54.6 Å². The first-order valence-corrected chi connectivity index (χ1v) is 6.22. The highest BCUT2D eigenvalue weighted by atomic mass is 16.4. The fraction of sp³-hybridized carbons (Fsp3) is 0.188. The van der Waals surface area contributed by atoms with E-state index < -0.39 is 5.97 Å². The summed E-state index contributed by atoms with van der Waals surface area (Å²) in [6, 6.07) is 17.7. The van der Waals surface area contributed by atoms with Crippen LogP contribution in [0.5, 0.6) is 0 Å². The predicted octanol–water partition coefficient (Wildman–Crippen LogP) is 3.09. The Hall–Kier alpha value is -2.29. The number of rotatable bonds is 5. The Bertz CT molecular complexity index is 552. The van der Waals surface area contributed by atoms with Gasteiger partial charge in [-0.3, -0.25) is 4.79 Å². The molecule has 2 aromatic rings. The van der Waals surface area contributed by atoms with E-state index in [1.54, 1.807) is 0 Å². The third-order valence-electron chi connectivity index (χ3n) is 2.90. The van der Waals surface area contributed by atoms with Gasteiger partial charge in [0.1, 0.15) is 6.54 Å². The van der Waals surface area contributed by atoms with Gasteiger partial charge in [0.25, 0.3) is 0 Å². The molecule has 3 nitrogen and oxygen atoms in total. The van der Waals surface area contributed by atoms with Crippen molar-refractivity contribution in [1.29, 1.82) is 0 Å². The number of carboxylic acid groups (broad SMARTS) is 1. The third kappa shape index (κ3) is 3.85. The second-order valence-electron chi connectivity index (χ2n) is 4.57. The van der Waals surface area contributed by atoms with Gasteiger partial charge in [0.15, 0.2) is 0 Å². The van der Waals surface area contributed by atoms with Gasteiger partial charge >= 0.3 is 5.97 Å². The lowest BCUT2D eigenvalue weighted by Gasteiger charge is -2.23. The number of carboxylic acids is 1. The van der Waals surface area contributed by atoms with Crippen molar-refractivity contribution < 1.29 is 9.90 Å². The van der Waals surface area contributed by atoms with E-state index in [9.17, 15) is 4.79 Å². The quantitative estimate of drug-likeness (QED) is 0.892. The lowest BCUT2D eigenvalue weighted by molar-refractivity contribution is -0.135. The van der Waals surface area contributed by atoms with E-state index in [2.05, 4.69) is 6.07 Å². The van der Waals surface area contributed by atoms with E-state index in [1.807, 2.05) is 60.4 Å². The van der Waals surface area contributed by atoms with Crippen LogP contribution in [0.1, 0.15) is 11.1 Å². The van der Waals surface area contributed by atoms with E-state index in [0.717, 1.165) is 11.3 Å². The maximum absolute atomic E-state index is 11.0. The molecule has 3 heteroatoms. The Morgan fingerprint density at radius 2 is 1.84 bits per heavy atom. The van der Waals surface area contributed by atoms with Crippen molar-refractivity contribution in [2.45, 2.75) is 13.5 Å². The molecule has 2 aromatic carbocycles. The van der Waals surface area contributed by atoms with Crippen molar-refractivity contribution in [2.75, 3.05) is 11.4 Å². The molecule has 0 bridgehead atoms. The second kappa shape index (κ2) is 6.05. The molecule has 0 spiro atoms. The monoisotopic (exact) mass is 255 g/mol. The van der Waals surface area contributed by atoms with Crippen LogP contribution < -0.4 is 4.90 Å². The van der Waals surface area contributed by atoms with Crippen molar-refractivity contribution in [3.05, 3.63) is 65.7 Å². The van der Waals surface area contributed by atoms with Crippen LogP contribution >= 0.6 is 0 Å². The Kier molecular flexibility index (Phi) is 4.18. The first kappa shape index (κ1) is 13.1. The zero-order valence-corrected chi connectivity index (χ0v) is 10.9. The summed E-state index contributed by atoms with van der Waals surface area (Å²) in [5.41, 5.74) is 3.22. The van der Waals surface area contributed by atoms with Gasteiger partial charge in [0.2, 0.25) is 0 Å². The summed E-state index contributed by atoms with van der Waals surface area (Å²) in [5, 5.41) is 9.04. The molecule has 0 heterocycles. The number of carbonyl (C=O) groups is 1. The highest BCUT2D eigenvalue weighted by Gasteiger charge is 2.11. The average molecular weight is 255 g/mol. The number of anilines is 1. The normalized spacial score (nSPS) is 10.2. The van der Waals surface area contributed by atoms with E-state index in [1.165, 1.54) is 5.56 Å². The Morgan fingerprint density at radius 1 is 1.11 bits per heavy atom. The molecule has 0 atom stereocenters. The smallest absolute Gasteiger partial charge is 0.323 e. The molecule has 0 aliphatic rings. The molecule has 0 unspecified atom stereocenters. The number of hydrogen-bond acceptors (Lipinski definition) is 2. The lowest BCUT2D eigenvalue weighted by atomic mass is 10.1. The summed E-state index contributed by atoms with van der Waals surface area (Å²) in [6.45, 7) is 2.63. The molecular formula is C16H17NO2. The van der Waals surface area contributed by atoms with Crippen LogP contribution in [0, 0.1) is 6.92 Å². The minimum atomic E-state index is -0.823. The van der Waals surface area contributed by atoms with Gasteiger partial charge in [-0.25, -0.2) is 0 Å². The molecule has 0 saturated heterocycles. The SMILES string of the molecule is Cc1cccc(CN(CC(=O)O)c2ccccc2)c1. The van der Waals surface area contributed by atoms with Crippen molar-refractivity contribution in [3.8, 4) is 0 Å². The van der Waals surface area contributed by atoms with Crippen LogP contribution in [0.2, 0.25) is 0 Å². The Balaban J connectivity index is 2.21. The minimum Gasteiger partial charge on any atom is -0.480 e. The van der Waals surface area contributed by atoms with Gasteiger partial charge in [0, 0.05) is 12.2 Å². The maximum Gasteiger partial charge on any atom is 0.323 e. The summed E-state index contributed by atoms with van der Waals surface area (Å²) in [5.74, 6) is -0.823. The van der Waals surface area contributed by atoms with Crippen molar-refractivity contribution in [1.82, 2.24) is 0 Å². The number of aryl methyl sites for hydroxylation is 1. The fourth-order valence-electron chi connectivity index (χ4n) is 2.07. The van der Waals surface area contributed by atoms with Crippen LogP contribution in [-0.4, -0.2) is 17.6 Å². The van der Waals surface area contributed by atoms with Gasteiger partial charge < -0.3 is 10.0 Å². The van der Waals surface area contributed by atoms with E-state index in [4.69, 9.17) is 5.11 Å². The molecule has 98 valence electrons. The topological polar surface area (TPSA) is 40.5 Å². The molecule has 0 amide bonds. The van der Waals surface area contributed by atoms with Gasteiger partial charge in [0.05, 0.1) is 0 Å². The summed E-state index contributed by atoms with van der Waals surface area (Å²) in [7, 11) is 0. The summed E-state index contributed by atoms with van der Waals surface area (Å²) < 4.78 is 0. The van der Waals surface area contributed by atoms with Crippen LogP contribution in [-0.2, 0) is 11.3 Å². The maximum atomic E-state index is 11.0. The Labute approximate surface area is 113 Å². The number of hydrogen-bond donors (Lipinski definition) is 1. The fourth-order valence-corrected chi connectivity index (χ4v) is 2.07. The standard InChI is InChI=1S/C16H17NO2/c1-13-6-5-7-14(10-13)11-17(12-16(18)19)15-8-3-2-4-9-15/h2-10H,11-12H2,1H3,(H,18,19). The molecule has 19 heavy (non-hydrogen) atoms.